The van der Waals surface area contributed by atoms with E-state index in [2.05, 4.69) is 12.2 Å². The predicted molar refractivity (Wildman–Crippen MR) is 59.2 cm³/mol. The topological polar surface area (TPSA) is 46.2 Å². The van der Waals surface area contributed by atoms with Crippen molar-refractivity contribution in [3.8, 4) is 0 Å². The summed E-state index contributed by atoms with van der Waals surface area (Å²) in [5.41, 5.74) is 0.649. The number of hydrogen-bond donors (Lipinski definition) is 1. The van der Waals surface area contributed by atoms with Gasteiger partial charge in [0.05, 0.1) is 6.42 Å². The molecule has 0 aliphatic carbocycles. The van der Waals surface area contributed by atoms with Crippen molar-refractivity contribution >= 4 is 11.8 Å². The minimum absolute atomic E-state index is 0.169. The molecule has 0 saturated carbocycles. The van der Waals surface area contributed by atoms with E-state index >= 15 is 0 Å². The average molecular weight is 209 g/mol. The molecule has 1 aliphatic heterocycles. The van der Waals surface area contributed by atoms with Gasteiger partial charge in [0.25, 0.3) is 5.91 Å². The van der Waals surface area contributed by atoms with Gasteiger partial charge in [0.1, 0.15) is 0 Å². The molecule has 0 spiro atoms. The van der Waals surface area contributed by atoms with Crippen molar-refractivity contribution in [3.05, 3.63) is 11.6 Å². The number of carbonyl (C=O) groups is 2. The lowest BCUT2D eigenvalue weighted by atomic mass is 10.1. The van der Waals surface area contributed by atoms with Crippen LogP contribution in [0.5, 0.6) is 0 Å². The number of hydrogen-bond acceptors (Lipinski definition) is 2. The first-order chi connectivity index (χ1) is 7.24. The number of amides is 2. The van der Waals surface area contributed by atoms with Crippen molar-refractivity contribution in [3.63, 3.8) is 0 Å². The van der Waals surface area contributed by atoms with Gasteiger partial charge in [0.15, 0.2) is 0 Å². The van der Waals surface area contributed by atoms with E-state index in [1.54, 1.807) is 0 Å². The van der Waals surface area contributed by atoms with Crippen molar-refractivity contribution < 1.29 is 9.59 Å². The lowest BCUT2D eigenvalue weighted by molar-refractivity contribution is -0.124. The van der Waals surface area contributed by atoms with E-state index in [0.29, 0.717) is 5.57 Å². The van der Waals surface area contributed by atoms with Crippen molar-refractivity contribution in [2.24, 2.45) is 0 Å². The third-order valence-corrected chi connectivity index (χ3v) is 2.59. The van der Waals surface area contributed by atoms with E-state index in [4.69, 9.17) is 0 Å². The van der Waals surface area contributed by atoms with E-state index in [0.717, 1.165) is 12.8 Å². The van der Waals surface area contributed by atoms with Crippen LogP contribution in [0, 0.1) is 0 Å². The standard InChI is InChI=1S/C12H19NO2/c1-2-3-4-5-6-7-8-10-9-11(14)13-12(10)15/h8H,2-7,9H2,1H3,(H,13,14,15). The summed E-state index contributed by atoms with van der Waals surface area (Å²) >= 11 is 0. The highest BCUT2D eigenvalue weighted by atomic mass is 16.2. The summed E-state index contributed by atoms with van der Waals surface area (Å²) in [7, 11) is 0. The van der Waals surface area contributed by atoms with Gasteiger partial charge in [0, 0.05) is 5.57 Å². The van der Waals surface area contributed by atoms with Crippen LogP contribution >= 0.6 is 0 Å². The molecule has 84 valence electrons. The first kappa shape index (κ1) is 12.0. The monoisotopic (exact) mass is 209 g/mol. The molecule has 1 N–H and O–H groups in total. The molecule has 2 amide bonds. The van der Waals surface area contributed by atoms with Crippen LogP contribution in [0.25, 0.3) is 0 Å². The molecule has 0 bridgehead atoms. The lowest BCUT2D eigenvalue weighted by Crippen LogP contribution is -2.19. The number of carbonyl (C=O) groups excluding carboxylic acids is 2. The van der Waals surface area contributed by atoms with Gasteiger partial charge in [-0.1, -0.05) is 38.7 Å². The Balaban J connectivity index is 2.15. The Morgan fingerprint density at radius 1 is 1.20 bits per heavy atom. The molecule has 1 aliphatic rings. The van der Waals surface area contributed by atoms with Gasteiger partial charge in [-0.2, -0.15) is 0 Å². The first-order valence-corrected chi connectivity index (χ1v) is 5.77. The van der Waals surface area contributed by atoms with Gasteiger partial charge in [-0.15, -0.1) is 0 Å². The number of nitrogens with one attached hydrogen (secondary N) is 1. The molecule has 0 radical (unpaired) electrons. The van der Waals surface area contributed by atoms with Crippen molar-refractivity contribution in [1.29, 1.82) is 0 Å². The number of unbranched alkanes of at least 4 members (excludes halogenated alkanes) is 5. The number of rotatable bonds is 6. The second-order valence-corrected chi connectivity index (χ2v) is 3.99. The van der Waals surface area contributed by atoms with E-state index in [1.807, 2.05) is 6.08 Å². The molecule has 1 heterocycles. The Morgan fingerprint density at radius 2 is 1.93 bits per heavy atom. The van der Waals surface area contributed by atoms with Gasteiger partial charge in [0.2, 0.25) is 5.91 Å². The average Bonchev–Trinajstić information content (AvgIpc) is 2.51. The molecule has 1 fully saturated rings. The minimum Gasteiger partial charge on any atom is -0.292 e. The molecule has 0 atom stereocenters. The van der Waals surface area contributed by atoms with Crippen LogP contribution in [0.4, 0.5) is 0 Å². The van der Waals surface area contributed by atoms with E-state index in [1.165, 1.54) is 25.7 Å². The van der Waals surface area contributed by atoms with Crippen molar-refractivity contribution in [1.82, 2.24) is 5.32 Å². The summed E-state index contributed by atoms with van der Waals surface area (Å²) in [5, 5.41) is 2.28. The van der Waals surface area contributed by atoms with Crippen LogP contribution in [0.15, 0.2) is 11.6 Å². The Labute approximate surface area is 90.9 Å². The number of imide groups is 1. The van der Waals surface area contributed by atoms with Crippen LogP contribution in [0.3, 0.4) is 0 Å². The Kier molecular flexibility index (Phi) is 5.08. The van der Waals surface area contributed by atoms with Gasteiger partial charge in [-0.25, -0.2) is 0 Å². The number of allylic oxidation sites excluding steroid dienone is 1. The largest absolute Gasteiger partial charge is 0.292 e. The lowest BCUT2D eigenvalue weighted by Gasteiger charge is -1.97. The highest BCUT2D eigenvalue weighted by molar-refractivity contribution is 6.13. The van der Waals surface area contributed by atoms with Crippen molar-refractivity contribution in [2.75, 3.05) is 0 Å². The second kappa shape index (κ2) is 6.38. The third kappa shape index (κ3) is 4.28. The molecule has 3 heteroatoms. The maximum Gasteiger partial charge on any atom is 0.253 e. The highest BCUT2D eigenvalue weighted by Gasteiger charge is 2.22. The summed E-state index contributed by atoms with van der Waals surface area (Å²) in [6.45, 7) is 2.19. The Morgan fingerprint density at radius 3 is 2.53 bits per heavy atom. The van der Waals surface area contributed by atoms with Crippen LogP contribution in [-0.4, -0.2) is 11.8 Å². The first-order valence-electron chi connectivity index (χ1n) is 5.77. The zero-order valence-electron chi connectivity index (χ0n) is 9.34. The minimum atomic E-state index is -0.200. The molecule has 15 heavy (non-hydrogen) atoms. The van der Waals surface area contributed by atoms with Crippen LogP contribution in [0.1, 0.15) is 51.9 Å². The molecule has 0 aromatic carbocycles. The molecular weight excluding hydrogens is 190 g/mol. The fourth-order valence-corrected chi connectivity index (χ4v) is 1.69. The Hall–Kier alpha value is -1.12. The quantitative estimate of drug-likeness (QED) is 0.414. The summed E-state index contributed by atoms with van der Waals surface area (Å²) in [6, 6.07) is 0. The van der Waals surface area contributed by atoms with Crippen LogP contribution in [0.2, 0.25) is 0 Å². The third-order valence-electron chi connectivity index (χ3n) is 2.59. The maximum atomic E-state index is 11.2. The molecule has 1 saturated heterocycles. The summed E-state index contributed by atoms with van der Waals surface area (Å²) < 4.78 is 0. The van der Waals surface area contributed by atoms with E-state index in [9.17, 15) is 9.59 Å². The normalized spacial score (nSPS) is 18.6. The zero-order chi connectivity index (χ0) is 11.1. The predicted octanol–water partition coefficient (Wildman–Crippen LogP) is 2.32. The van der Waals surface area contributed by atoms with Gasteiger partial charge < -0.3 is 0 Å². The fourth-order valence-electron chi connectivity index (χ4n) is 1.69. The second-order valence-electron chi connectivity index (χ2n) is 3.99. The van der Waals surface area contributed by atoms with Gasteiger partial charge >= 0.3 is 0 Å². The molecule has 1 rings (SSSR count). The smallest absolute Gasteiger partial charge is 0.253 e. The molecule has 0 aromatic rings. The SMILES string of the molecule is CCCCCCCC=C1CC(=O)NC1=O. The van der Waals surface area contributed by atoms with Crippen LogP contribution in [-0.2, 0) is 9.59 Å². The molecular formula is C12H19NO2. The summed E-state index contributed by atoms with van der Waals surface area (Å²) in [5.74, 6) is -0.370. The fraction of sp³-hybridized carbons (Fsp3) is 0.667. The highest BCUT2D eigenvalue weighted by Crippen LogP contribution is 2.12. The zero-order valence-corrected chi connectivity index (χ0v) is 9.34. The van der Waals surface area contributed by atoms with E-state index < -0.39 is 0 Å². The molecule has 0 aromatic heterocycles. The van der Waals surface area contributed by atoms with Gasteiger partial charge in [-0.3, -0.25) is 14.9 Å². The van der Waals surface area contributed by atoms with Crippen molar-refractivity contribution in [2.45, 2.75) is 51.9 Å². The molecule has 3 nitrogen and oxygen atoms in total. The summed E-state index contributed by atoms with van der Waals surface area (Å²) in [4.78, 5) is 22.0. The van der Waals surface area contributed by atoms with E-state index in [-0.39, 0.29) is 18.2 Å². The summed E-state index contributed by atoms with van der Waals surface area (Å²) in [6.07, 6.45) is 9.23. The Bertz CT molecular complexity index is 269. The van der Waals surface area contributed by atoms with Gasteiger partial charge in [-0.05, 0) is 12.8 Å². The van der Waals surface area contributed by atoms with Crippen LogP contribution < -0.4 is 5.32 Å². The molecule has 0 unspecified atom stereocenters. The maximum absolute atomic E-state index is 11.2.